The van der Waals surface area contributed by atoms with Crippen molar-refractivity contribution in [3.05, 3.63) is 60.2 Å². The van der Waals surface area contributed by atoms with Crippen LogP contribution in [0.1, 0.15) is 30.6 Å². The molecule has 166 valence electrons. The molecule has 1 fully saturated rings. The molecule has 3 rings (SSSR count). The van der Waals surface area contributed by atoms with Gasteiger partial charge in [-0.3, -0.25) is 4.79 Å². The van der Waals surface area contributed by atoms with Crippen molar-refractivity contribution in [2.24, 2.45) is 11.8 Å². The van der Waals surface area contributed by atoms with Gasteiger partial charge in [-0.15, -0.1) is 0 Å². The number of carbonyl (C=O) groups is 2. The molecule has 0 N–H and O–H groups in total. The Morgan fingerprint density at radius 1 is 1.00 bits per heavy atom. The molecule has 0 spiro atoms. The number of carbonyl (C=O) groups excluding carboxylic acids is 2. The Balaban J connectivity index is 1.61. The lowest BCUT2D eigenvalue weighted by atomic mass is 9.94. The molecule has 1 amide bonds. The summed E-state index contributed by atoms with van der Waals surface area (Å²) < 4.78 is 32.5. The number of ether oxygens (including phenoxy) is 1. The molecule has 7 nitrogen and oxygen atoms in total. The Morgan fingerprint density at radius 2 is 1.58 bits per heavy atom. The average Bonchev–Trinajstić information content (AvgIpc) is 2.76. The van der Waals surface area contributed by atoms with Crippen molar-refractivity contribution in [3.63, 3.8) is 0 Å². The predicted octanol–water partition coefficient (Wildman–Crippen LogP) is 3.17. The molecule has 0 saturated carbocycles. The van der Waals surface area contributed by atoms with E-state index in [-0.39, 0.29) is 16.4 Å². The number of esters is 1. The smallest absolute Gasteiger partial charge is 0.338 e. The van der Waals surface area contributed by atoms with Gasteiger partial charge in [0.15, 0.2) is 6.61 Å². The Kier molecular flexibility index (Phi) is 7.12. The minimum absolute atomic E-state index is 0.144. The van der Waals surface area contributed by atoms with E-state index < -0.39 is 22.6 Å². The topological polar surface area (TPSA) is 84.0 Å². The maximum atomic E-state index is 12.9. The maximum absolute atomic E-state index is 12.9. The second-order valence-electron chi connectivity index (χ2n) is 8.16. The molecule has 0 radical (unpaired) electrons. The van der Waals surface area contributed by atoms with Crippen molar-refractivity contribution >= 4 is 27.6 Å². The summed E-state index contributed by atoms with van der Waals surface area (Å²) in [6, 6.07) is 14.7. The van der Waals surface area contributed by atoms with Crippen LogP contribution in [-0.2, 0) is 19.6 Å². The van der Waals surface area contributed by atoms with Gasteiger partial charge in [-0.05, 0) is 54.7 Å². The summed E-state index contributed by atoms with van der Waals surface area (Å²) in [6.07, 6.45) is 1.01. The van der Waals surface area contributed by atoms with Crippen LogP contribution in [0.25, 0.3) is 0 Å². The molecule has 8 heteroatoms. The van der Waals surface area contributed by atoms with E-state index in [4.69, 9.17) is 4.74 Å². The number of hydrogen-bond donors (Lipinski definition) is 0. The van der Waals surface area contributed by atoms with Crippen LogP contribution in [0.2, 0.25) is 0 Å². The van der Waals surface area contributed by atoms with E-state index >= 15 is 0 Å². The lowest BCUT2D eigenvalue weighted by Gasteiger charge is -2.34. The number of para-hydroxylation sites is 1. The van der Waals surface area contributed by atoms with Gasteiger partial charge in [0.05, 0.1) is 10.5 Å². The highest BCUT2D eigenvalue weighted by molar-refractivity contribution is 7.89. The van der Waals surface area contributed by atoms with E-state index in [1.807, 2.05) is 32.0 Å². The summed E-state index contributed by atoms with van der Waals surface area (Å²) in [7, 11) is -2.01. The molecular formula is C23H28N2O5S. The zero-order chi connectivity index (χ0) is 22.6. The molecule has 1 aliphatic heterocycles. The van der Waals surface area contributed by atoms with Gasteiger partial charge in [0.25, 0.3) is 5.91 Å². The Hall–Kier alpha value is -2.71. The zero-order valence-corrected chi connectivity index (χ0v) is 18.8. The monoisotopic (exact) mass is 444 g/mol. The van der Waals surface area contributed by atoms with Gasteiger partial charge >= 0.3 is 5.97 Å². The van der Waals surface area contributed by atoms with E-state index in [2.05, 4.69) is 0 Å². The van der Waals surface area contributed by atoms with Crippen LogP contribution in [-0.4, -0.2) is 51.3 Å². The molecule has 1 saturated heterocycles. The fourth-order valence-electron chi connectivity index (χ4n) is 3.82. The second-order valence-corrected chi connectivity index (χ2v) is 10.1. The van der Waals surface area contributed by atoms with Crippen LogP contribution < -0.4 is 4.90 Å². The number of hydrogen-bond acceptors (Lipinski definition) is 5. The summed E-state index contributed by atoms with van der Waals surface area (Å²) in [5, 5.41) is 0. The number of piperidine rings is 1. The van der Waals surface area contributed by atoms with Crippen LogP contribution >= 0.6 is 0 Å². The van der Waals surface area contributed by atoms with Crippen molar-refractivity contribution in [2.45, 2.75) is 25.2 Å². The van der Waals surface area contributed by atoms with Gasteiger partial charge in [0.1, 0.15) is 0 Å². The van der Waals surface area contributed by atoms with Crippen LogP contribution in [0.4, 0.5) is 5.69 Å². The van der Waals surface area contributed by atoms with Gasteiger partial charge in [0.2, 0.25) is 10.0 Å². The fraction of sp³-hybridized carbons (Fsp3) is 0.391. The van der Waals surface area contributed by atoms with E-state index in [1.54, 1.807) is 19.2 Å². The van der Waals surface area contributed by atoms with Gasteiger partial charge in [0, 0.05) is 25.8 Å². The molecule has 2 atom stereocenters. The summed E-state index contributed by atoms with van der Waals surface area (Å²) >= 11 is 0. The quantitative estimate of drug-likeness (QED) is 0.639. The maximum Gasteiger partial charge on any atom is 0.338 e. The Labute approximate surface area is 183 Å². The number of likely N-dealkylation sites (N-methyl/N-ethyl adjacent to an activating group) is 1. The predicted molar refractivity (Wildman–Crippen MR) is 118 cm³/mol. The van der Waals surface area contributed by atoms with Crippen molar-refractivity contribution < 1.29 is 22.7 Å². The number of sulfonamides is 1. The summed E-state index contributed by atoms with van der Waals surface area (Å²) in [4.78, 5) is 26.1. The number of amides is 1. The third-order valence-corrected chi connectivity index (χ3v) is 7.25. The highest BCUT2D eigenvalue weighted by atomic mass is 32.2. The molecule has 31 heavy (non-hydrogen) atoms. The third kappa shape index (κ3) is 5.51. The Morgan fingerprint density at radius 3 is 2.16 bits per heavy atom. The molecule has 1 heterocycles. The number of benzene rings is 2. The average molecular weight is 445 g/mol. The summed E-state index contributed by atoms with van der Waals surface area (Å²) in [5.74, 6) is -0.440. The lowest BCUT2D eigenvalue weighted by Crippen LogP contribution is -2.42. The first-order valence-corrected chi connectivity index (χ1v) is 11.7. The highest BCUT2D eigenvalue weighted by Crippen LogP contribution is 2.26. The minimum Gasteiger partial charge on any atom is -0.452 e. The third-order valence-electron chi connectivity index (χ3n) is 5.41. The van der Waals surface area contributed by atoms with Gasteiger partial charge in [-0.25, -0.2) is 13.2 Å². The second kappa shape index (κ2) is 9.62. The molecular weight excluding hydrogens is 416 g/mol. The van der Waals surface area contributed by atoms with Crippen LogP contribution in [0.15, 0.2) is 59.5 Å². The first-order valence-electron chi connectivity index (χ1n) is 10.3. The van der Waals surface area contributed by atoms with E-state index in [9.17, 15) is 18.0 Å². The van der Waals surface area contributed by atoms with Gasteiger partial charge in [-0.2, -0.15) is 4.31 Å². The lowest BCUT2D eigenvalue weighted by molar-refractivity contribution is -0.121. The zero-order valence-electron chi connectivity index (χ0n) is 18.0. The number of anilines is 1. The molecule has 0 bridgehead atoms. The SMILES string of the molecule is C[C@H]1C[C@H](C)CN(S(=O)(=O)c2ccc(C(=O)OCC(=O)N(C)c3ccccc3)cc2)C1. The summed E-state index contributed by atoms with van der Waals surface area (Å²) in [5.41, 5.74) is 0.883. The van der Waals surface area contributed by atoms with Crippen LogP contribution in [0.3, 0.4) is 0 Å². The normalized spacial score (nSPS) is 19.6. The minimum atomic E-state index is -3.62. The first-order chi connectivity index (χ1) is 14.7. The molecule has 1 aliphatic rings. The largest absolute Gasteiger partial charge is 0.452 e. The molecule has 0 aromatic heterocycles. The van der Waals surface area contributed by atoms with E-state index in [0.717, 1.165) is 6.42 Å². The molecule has 0 aliphatic carbocycles. The Bertz CT molecular complexity index is 1010. The van der Waals surface area contributed by atoms with Gasteiger partial charge in [-0.1, -0.05) is 32.0 Å². The standard InChI is InChI=1S/C23H28N2O5S/c1-17-13-18(2)15-25(14-17)31(28,29)21-11-9-19(10-12-21)23(27)30-16-22(26)24(3)20-7-5-4-6-8-20/h4-12,17-18H,13-16H2,1-3H3/t17-,18-/m0/s1. The van der Waals surface area contributed by atoms with E-state index in [1.165, 1.54) is 33.5 Å². The van der Waals surface area contributed by atoms with Crippen molar-refractivity contribution in [1.82, 2.24) is 4.31 Å². The van der Waals surface area contributed by atoms with Crippen molar-refractivity contribution in [1.29, 1.82) is 0 Å². The number of nitrogens with zero attached hydrogens (tertiary/aromatic N) is 2. The number of rotatable bonds is 6. The van der Waals surface area contributed by atoms with Crippen LogP contribution in [0, 0.1) is 11.8 Å². The summed E-state index contributed by atoms with van der Waals surface area (Å²) in [6.45, 7) is 4.68. The molecule has 2 aromatic rings. The molecule has 2 aromatic carbocycles. The van der Waals surface area contributed by atoms with E-state index in [0.29, 0.717) is 30.6 Å². The van der Waals surface area contributed by atoms with Crippen LogP contribution in [0.5, 0.6) is 0 Å². The van der Waals surface area contributed by atoms with Gasteiger partial charge < -0.3 is 9.64 Å². The molecule has 0 unspecified atom stereocenters. The highest BCUT2D eigenvalue weighted by Gasteiger charge is 2.31. The van der Waals surface area contributed by atoms with Crippen molar-refractivity contribution in [3.8, 4) is 0 Å². The first kappa shape index (κ1) is 23.0. The van der Waals surface area contributed by atoms with Crippen molar-refractivity contribution in [2.75, 3.05) is 31.6 Å². The fourth-order valence-corrected chi connectivity index (χ4v) is 5.50.